The van der Waals surface area contributed by atoms with Crippen molar-refractivity contribution in [2.75, 3.05) is 5.73 Å². The summed E-state index contributed by atoms with van der Waals surface area (Å²) in [5, 5.41) is 2.48. The molecule has 0 spiro atoms. The molecule has 1 amide bonds. The van der Waals surface area contributed by atoms with E-state index in [1.54, 1.807) is 0 Å². The van der Waals surface area contributed by atoms with Gasteiger partial charge in [0, 0.05) is 23.9 Å². The van der Waals surface area contributed by atoms with Gasteiger partial charge in [0.2, 0.25) is 0 Å². The molecule has 0 aliphatic carbocycles. The van der Waals surface area contributed by atoms with Crippen molar-refractivity contribution in [2.24, 2.45) is 0 Å². The van der Waals surface area contributed by atoms with E-state index in [4.69, 9.17) is 5.73 Å². The molecule has 0 aliphatic heterocycles. The first kappa shape index (κ1) is 12.9. The molecule has 3 N–H and O–H groups in total. The predicted octanol–water partition coefficient (Wildman–Crippen LogP) is 1.87. The number of anilines is 1. The molecule has 98 valence electrons. The van der Waals surface area contributed by atoms with Crippen LogP contribution < -0.4 is 11.1 Å². The van der Waals surface area contributed by atoms with Gasteiger partial charge in [0.1, 0.15) is 17.5 Å². The van der Waals surface area contributed by atoms with Crippen molar-refractivity contribution >= 4 is 11.7 Å². The largest absolute Gasteiger partial charge is 0.384 e. The molecule has 0 saturated carbocycles. The summed E-state index contributed by atoms with van der Waals surface area (Å²) in [7, 11) is 0. The molecule has 2 rings (SSSR count). The fourth-order valence-corrected chi connectivity index (χ4v) is 1.55. The number of nitrogen functional groups attached to an aromatic ring is 1. The number of benzene rings is 1. The van der Waals surface area contributed by atoms with Crippen LogP contribution >= 0.6 is 0 Å². The van der Waals surface area contributed by atoms with Gasteiger partial charge in [-0.1, -0.05) is 0 Å². The van der Waals surface area contributed by atoms with Crippen LogP contribution in [0.1, 0.15) is 15.9 Å². The zero-order valence-electron chi connectivity index (χ0n) is 9.86. The Morgan fingerprint density at radius 1 is 1.26 bits per heavy atom. The molecule has 19 heavy (non-hydrogen) atoms. The average Bonchev–Trinajstić information content (AvgIpc) is 2.39. The maximum absolute atomic E-state index is 13.3. The quantitative estimate of drug-likeness (QED) is 0.888. The molecule has 4 nitrogen and oxygen atoms in total. The van der Waals surface area contributed by atoms with Gasteiger partial charge in [-0.3, -0.25) is 4.79 Å². The standard InChI is InChI=1S/C13H11F2N3O/c14-10-1-2-11(15)9(5-10)7-18-13(19)8-3-4-17-12(16)6-8/h1-6H,7H2,(H2,16,17)(H,18,19). The second kappa shape index (κ2) is 5.43. The third-order valence-electron chi connectivity index (χ3n) is 2.49. The molecular formula is C13H11F2N3O. The SMILES string of the molecule is Nc1cc(C(=O)NCc2cc(F)ccc2F)ccn1. The lowest BCUT2D eigenvalue weighted by Crippen LogP contribution is -2.23. The van der Waals surface area contributed by atoms with Gasteiger partial charge in [-0.2, -0.15) is 0 Å². The molecular weight excluding hydrogens is 252 g/mol. The second-order valence-electron chi connectivity index (χ2n) is 3.89. The second-order valence-corrected chi connectivity index (χ2v) is 3.89. The fourth-order valence-electron chi connectivity index (χ4n) is 1.55. The summed E-state index contributed by atoms with van der Waals surface area (Å²) in [6.07, 6.45) is 1.40. The van der Waals surface area contributed by atoms with Gasteiger partial charge in [-0.15, -0.1) is 0 Å². The van der Waals surface area contributed by atoms with Crippen LogP contribution in [0.2, 0.25) is 0 Å². The normalized spacial score (nSPS) is 10.2. The molecule has 2 aromatic rings. The molecule has 0 bridgehead atoms. The number of amides is 1. The number of rotatable bonds is 3. The van der Waals surface area contributed by atoms with Gasteiger partial charge in [0.25, 0.3) is 5.91 Å². The van der Waals surface area contributed by atoms with Crippen LogP contribution in [0.5, 0.6) is 0 Å². The lowest BCUT2D eigenvalue weighted by molar-refractivity contribution is 0.0950. The van der Waals surface area contributed by atoms with Crippen LogP contribution in [-0.2, 0) is 6.54 Å². The van der Waals surface area contributed by atoms with E-state index in [-0.39, 0.29) is 17.9 Å². The summed E-state index contributed by atoms with van der Waals surface area (Å²) in [6.45, 7) is -0.106. The lowest BCUT2D eigenvalue weighted by atomic mass is 10.2. The van der Waals surface area contributed by atoms with Crippen LogP contribution in [-0.4, -0.2) is 10.9 Å². The number of nitrogens with two attached hydrogens (primary N) is 1. The average molecular weight is 263 g/mol. The van der Waals surface area contributed by atoms with Crippen molar-refractivity contribution in [3.63, 3.8) is 0 Å². The first-order valence-electron chi connectivity index (χ1n) is 5.50. The predicted molar refractivity (Wildman–Crippen MR) is 66.2 cm³/mol. The molecule has 1 aromatic heterocycles. The summed E-state index contributed by atoms with van der Waals surface area (Å²) in [5.74, 6) is -1.35. The smallest absolute Gasteiger partial charge is 0.251 e. The topological polar surface area (TPSA) is 68.0 Å². The van der Waals surface area contributed by atoms with Crippen molar-refractivity contribution in [3.8, 4) is 0 Å². The van der Waals surface area contributed by atoms with Gasteiger partial charge in [-0.05, 0) is 30.3 Å². The number of carbonyl (C=O) groups is 1. The number of halogens is 2. The summed E-state index contributed by atoms with van der Waals surface area (Å²) in [5.41, 5.74) is 5.84. The van der Waals surface area contributed by atoms with Gasteiger partial charge in [0.15, 0.2) is 0 Å². The number of hydrogen-bond donors (Lipinski definition) is 2. The Kier molecular flexibility index (Phi) is 3.70. The molecule has 0 unspecified atom stereocenters. The van der Waals surface area contributed by atoms with E-state index in [9.17, 15) is 13.6 Å². The van der Waals surface area contributed by atoms with E-state index in [0.717, 1.165) is 18.2 Å². The Hall–Kier alpha value is -2.50. The van der Waals surface area contributed by atoms with Crippen molar-refractivity contribution in [1.82, 2.24) is 10.3 Å². The maximum Gasteiger partial charge on any atom is 0.251 e. The molecule has 0 saturated heterocycles. The first-order valence-corrected chi connectivity index (χ1v) is 5.50. The van der Waals surface area contributed by atoms with Crippen LogP contribution in [0.4, 0.5) is 14.6 Å². The number of aromatic nitrogens is 1. The van der Waals surface area contributed by atoms with E-state index < -0.39 is 17.5 Å². The van der Waals surface area contributed by atoms with Gasteiger partial charge in [0.05, 0.1) is 0 Å². The van der Waals surface area contributed by atoms with Gasteiger partial charge in [-0.25, -0.2) is 13.8 Å². The van der Waals surface area contributed by atoms with Crippen molar-refractivity contribution in [1.29, 1.82) is 0 Å². The zero-order valence-corrected chi connectivity index (χ0v) is 9.86. The highest BCUT2D eigenvalue weighted by atomic mass is 19.1. The van der Waals surface area contributed by atoms with Crippen LogP contribution in [0.3, 0.4) is 0 Å². The van der Waals surface area contributed by atoms with E-state index in [0.29, 0.717) is 5.56 Å². The summed E-state index contributed by atoms with van der Waals surface area (Å²) in [6, 6.07) is 5.95. The summed E-state index contributed by atoms with van der Waals surface area (Å²) < 4.78 is 26.3. The highest BCUT2D eigenvalue weighted by molar-refractivity contribution is 5.94. The fraction of sp³-hybridized carbons (Fsp3) is 0.0769. The highest BCUT2D eigenvalue weighted by Crippen LogP contribution is 2.10. The summed E-state index contributed by atoms with van der Waals surface area (Å²) >= 11 is 0. The maximum atomic E-state index is 13.3. The van der Waals surface area contributed by atoms with Crippen molar-refractivity contribution < 1.29 is 13.6 Å². The number of nitrogens with one attached hydrogen (secondary N) is 1. The summed E-state index contributed by atoms with van der Waals surface area (Å²) in [4.78, 5) is 15.5. The van der Waals surface area contributed by atoms with Gasteiger partial charge < -0.3 is 11.1 Å². The minimum atomic E-state index is -0.573. The molecule has 0 fully saturated rings. The van der Waals surface area contributed by atoms with Gasteiger partial charge >= 0.3 is 0 Å². The van der Waals surface area contributed by atoms with Crippen molar-refractivity contribution in [3.05, 3.63) is 59.3 Å². The van der Waals surface area contributed by atoms with Crippen LogP contribution in [0.25, 0.3) is 0 Å². The Morgan fingerprint density at radius 3 is 2.79 bits per heavy atom. The van der Waals surface area contributed by atoms with Crippen LogP contribution in [0, 0.1) is 11.6 Å². The van der Waals surface area contributed by atoms with E-state index in [1.165, 1.54) is 18.3 Å². The molecule has 1 heterocycles. The minimum absolute atomic E-state index is 0.0791. The number of nitrogens with zero attached hydrogens (tertiary/aromatic N) is 1. The number of carbonyl (C=O) groups excluding carboxylic acids is 1. The number of pyridine rings is 1. The lowest BCUT2D eigenvalue weighted by Gasteiger charge is -2.06. The van der Waals surface area contributed by atoms with E-state index >= 15 is 0 Å². The third kappa shape index (κ3) is 3.25. The Morgan fingerprint density at radius 2 is 2.05 bits per heavy atom. The zero-order chi connectivity index (χ0) is 13.8. The number of hydrogen-bond acceptors (Lipinski definition) is 3. The molecule has 1 aromatic carbocycles. The Balaban J connectivity index is 2.06. The molecule has 0 aliphatic rings. The molecule has 0 atom stereocenters. The third-order valence-corrected chi connectivity index (χ3v) is 2.49. The van der Waals surface area contributed by atoms with E-state index in [2.05, 4.69) is 10.3 Å². The monoisotopic (exact) mass is 263 g/mol. The van der Waals surface area contributed by atoms with Crippen LogP contribution in [0.15, 0.2) is 36.5 Å². The molecule has 0 radical (unpaired) electrons. The molecule has 6 heteroatoms. The minimum Gasteiger partial charge on any atom is -0.384 e. The highest BCUT2D eigenvalue weighted by Gasteiger charge is 2.08. The van der Waals surface area contributed by atoms with Crippen molar-refractivity contribution in [2.45, 2.75) is 6.54 Å². The Labute approximate surface area is 108 Å². The Bertz CT molecular complexity index is 617. The van der Waals surface area contributed by atoms with E-state index in [1.807, 2.05) is 0 Å². The first-order chi connectivity index (χ1) is 9.06.